The van der Waals surface area contributed by atoms with Crippen molar-refractivity contribution in [2.24, 2.45) is 41.4 Å². The maximum atomic E-state index is 7.44. The molecule has 0 N–H and O–H groups in total. The van der Waals surface area contributed by atoms with E-state index in [1.54, 1.807) is 11.1 Å². The van der Waals surface area contributed by atoms with Crippen molar-refractivity contribution in [3.8, 4) is 0 Å². The van der Waals surface area contributed by atoms with Crippen molar-refractivity contribution in [1.82, 2.24) is 0 Å². The third kappa shape index (κ3) is 5.52. The van der Waals surface area contributed by atoms with E-state index >= 15 is 0 Å². The van der Waals surface area contributed by atoms with Crippen LogP contribution in [0.1, 0.15) is 113 Å². The van der Waals surface area contributed by atoms with Crippen molar-refractivity contribution in [1.29, 1.82) is 0 Å². The van der Waals surface area contributed by atoms with Crippen LogP contribution in [-0.2, 0) is 11.2 Å². The maximum Gasteiger partial charge on any atom is 0.0662 e. The lowest BCUT2D eigenvalue weighted by molar-refractivity contribution is -0.0622. The highest BCUT2D eigenvalue weighted by Crippen LogP contribution is 2.63. The fourth-order valence-corrected chi connectivity index (χ4v) is 14.4. The average molecular weight is 705 g/mol. The Morgan fingerprint density at radius 3 is 2.21 bits per heavy atom. The summed E-state index contributed by atoms with van der Waals surface area (Å²) in [5.74, 6) is 6.15. The fourth-order valence-electron chi connectivity index (χ4n) is 14.4. The Kier molecular flexibility index (Phi) is 8.59. The number of hydrogen-bond acceptors (Lipinski definition) is 3. The number of ether oxygens (including phenoxy) is 1. The Balaban J connectivity index is 1.01. The van der Waals surface area contributed by atoms with Gasteiger partial charge < -0.3 is 14.5 Å². The number of para-hydroxylation sites is 1. The van der Waals surface area contributed by atoms with Crippen LogP contribution in [0.15, 0.2) is 103 Å². The van der Waals surface area contributed by atoms with Gasteiger partial charge in [0.25, 0.3) is 0 Å². The highest BCUT2D eigenvalue weighted by atomic mass is 16.5. The third-order valence-electron chi connectivity index (χ3n) is 16.3. The van der Waals surface area contributed by atoms with Crippen molar-refractivity contribution in [3.63, 3.8) is 0 Å². The summed E-state index contributed by atoms with van der Waals surface area (Å²) in [5.41, 5.74) is 8.82. The first-order valence-electron chi connectivity index (χ1n) is 22.1. The first-order valence-corrected chi connectivity index (χ1v) is 22.1. The molecule has 2 saturated heterocycles. The van der Waals surface area contributed by atoms with Crippen LogP contribution in [-0.4, -0.2) is 24.3 Å². The molecular weight excluding hydrogens is 645 g/mol. The molecule has 3 aromatic carbocycles. The van der Waals surface area contributed by atoms with Crippen molar-refractivity contribution in [2.75, 3.05) is 9.80 Å². The summed E-state index contributed by atoms with van der Waals surface area (Å²) < 4.78 is 7.44. The van der Waals surface area contributed by atoms with Crippen LogP contribution in [0.2, 0.25) is 0 Å². The molecule has 0 radical (unpaired) electrons. The minimum absolute atomic E-state index is 0.470. The molecule has 0 bridgehead atoms. The van der Waals surface area contributed by atoms with E-state index in [2.05, 4.69) is 107 Å². The van der Waals surface area contributed by atoms with Crippen molar-refractivity contribution in [3.05, 3.63) is 114 Å². The summed E-state index contributed by atoms with van der Waals surface area (Å²) >= 11 is 0. The number of allylic oxidation sites excluding steroid dienone is 4. The zero-order valence-electron chi connectivity index (χ0n) is 31.8. The molecule has 8 aliphatic rings. The van der Waals surface area contributed by atoms with Crippen LogP contribution in [0.3, 0.4) is 0 Å². The standard InChI is InChI=1S/C50H60N2O/c1-3-16-34(17-4-1)51(35-18-5-2-6-19-35)36-27-29-37(30-28-36)52-46-25-13-11-24-42(46)48-49(52)44(32-45-41-23-12-14-26-47(41)53-50(45)48)43-31-33-15-7-8-20-38(33)39-21-9-10-22-40(39)43/h1-5,7-8,15-18,20,27-30,39-50H,6,9-14,19,21-26,31-32H2/t39?,40?,41?,42?,43?,44?,45?,46?,47?,48?,49?,50-/m0/s1. The lowest BCUT2D eigenvalue weighted by Crippen LogP contribution is -2.55. The molecule has 3 heteroatoms. The molecule has 0 spiro atoms. The number of benzene rings is 3. The first-order chi connectivity index (χ1) is 26.3. The van der Waals surface area contributed by atoms with Gasteiger partial charge in [0.15, 0.2) is 0 Å². The predicted molar refractivity (Wildman–Crippen MR) is 218 cm³/mol. The molecule has 11 rings (SSSR count). The molecule has 2 heterocycles. The zero-order valence-corrected chi connectivity index (χ0v) is 31.8. The van der Waals surface area contributed by atoms with Gasteiger partial charge >= 0.3 is 0 Å². The molecule has 0 amide bonds. The van der Waals surface area contributed by atoms with Gasteiger partial charge in [0, 0.05) is 40.8 Å². The van der Waals surface area contributed by atoms with Gasteiger partial charge in [-0.25, -0.2) is 0 Å². The number of anilines is 3. The summed E-state index contributed by atoms with van der Waals surface area (Å²) in [5, 5.41) is 0. The quantitative estimate of drug-likeness (QED) is 0.263. The molecule has 3 nitrogen and oxygen atoms in total. The minimum atomic E-state index is 0.470. The van der Waals surface area contributed by atoms with Gasteiger partial charge in [0.1, 0.15) is 0 Å². The monoisotopic (exact) mass is 704 g/mol. The van der Waals surface area contributed by atoms with Crippen LogP contribution in [0, 0.1) is 41.4 Å². The Bertz CT molecular complexity index is 1830. The number of rotatable bonds is 5. The summed E-state index contributed by atoms with van der Waals surface area (Å²) in [4.78, 5) is 5.60. The lowest BCUT2D eigenvalue weighted by atomic mass is 9.53. The van der Waals surface area contributed by atoms with E-state index in [0.29, 0.717) is 30.2 Å². The molecule has 3 aromatic rings. The molecule has 0 aromatic heterocycles. The van der Waals surface area contributed by atoms with Gasteiger partial charge in [-0.15, -0.1) is 0 Å². The Morgan fingerprint density at radius 1 is 0.623 bits per heavy atom. The zero-order chi connectivity index (χ0) is 34.9. The first kappa shape index (κ1) is 33.1. The third-order valence-corrected chi connectivity index (χ3v) is 16.3. The van der Waals surface area contributed by atoms with E-state index < -0.39 is 0 Å². The molecule has 12 atom stereocenters. The second-order valence-electron chi connectivity index (χ2n) is 18.6. The van der Waals surface area contributed by atoms with Crippen LogP contribution in [0.25, 0.3) is 0 Å². The second-order valence-corrected chi connectivity index (χ2v) is 18.6. The molecule has 53 heavy (non-hydrogen) atoms. The van der Waals surface area contributed by atoms with Gasteiger partial charge in [-0.2, -0.15) is 0 Å². The normalized spacial score (nSPS) is 38.4. The van der Waals surface area contributed by atoms with E-state index in [4.69, 9.17) is 4.74 Å². The SMILES string of the molecule is C1=CCCC(N(c2ccccc2)c2ccc(N3C4CCCCC4C4C3C(C3Cc5ccccc5C5CCCCC53)CC3C5CCCCC5O[C@@H]34)cc2)=C1. The van der Waals surface area contributed by atoms with E-state index in [1.165, 1.54) is 113 Å². The number of nitrogens with zero attached hydrogens (tertiary/aromatic N) is 2. The van der Waals surface area contributed by atoms with Gasteiger partial charge in [0.2, 0.25) is 0 Å². The minimum Gasteiger partial charge on any atom is -0.374 e. The van der Waals surface area contributed by atoms with Gasteiger partial charge in [-0.1, -0.05) is 93.1 Å². The summed E-state index contributed by atoms with van der Waals surface area (Å²) in [6.07, 6.45) is 29.5. The van der Waals surface area contributed by atoms with Gasteiger partial charge in [-0.05, 0) is 159 Å². The Hall–Kier alpha value is -3.30. The lowest BCUT2D eigenvalue weighted by Gasteiger charge is -2.53. The predicted octanol–water partition coefficient (Wildman–Crippen LogP) is 12.2. The summed E-state index contributed by atoms with van der Waals surface area (Å²) in [7, 11) is 0. The van der Waals surface area contributed by atoms with E-state index in [9.17, 15) is 0 Å². The molecule has 2 aliphatic heterocycles. The molecule has 11 unspecified atom stereocenters. The van der Waals surface area contributed by atoms with Crippen LogP contribution < -0.4 is 9.80 Å². The molecule has 6 aliphatic carbocycles. The molecular formula is C50H60N2O. The highest BCUT2D eigenvalue weighted by Gasteiger charge is 2.64. The number of hydrogen-bond donors (Lipinski definition) is 0. The fraction of sp³-hybridized carbons (Fsp3) is 0.560. The largest absolute Gasteiger partial charge is 0.374 e. The maximum absolute atomic E-state index is 7.44. The smallest absolute Gasteiger partial charge is 0.0662 e. The average Bonchev–Trinajstić information content (AvgIpc) is 3.78. The number of fused-ring (bicyclic) bond motifs is 10. The summed E-state index contributed by atoms with van der Waals surface area (Å²) in [6, 6.07) is 32.0. The van der Waals surface area contributed by atoms with E-state index in [1.807, 2.05) is 0 Å². The van der Waals surface area contributed by atoms with Crippen molar-refractivity contribution in [2.45, 2.75) is 133 Å². The molecule has 276 valence electrons. The topological polar surface area (TPSA) is 15.7 Å². The van der Waals surface area contributed by atoms with Crippen LogP contribution in [0.5, 0.6) is 0 Å². The van der Waals surface area contributed by atoms with Crippen molar-refractivity contribution >= 4 is 17.1 Å². The van der Waals surface area contributed by atoms with Crippen molar-refractivity contribution < 1.29 is 4.74 Å². The summed E-state index contributed by atoms with van der Waals surface area (Å²) in [6.45, 7) is 0. The van der Waals surface area contributed by atoms with E-state index in [-0.39, 0.29) is 0 Å². The van der Waals surface area contributed by atoms with Gasteiger partial charge in [-0.3, -0.25) is 0 Å². The molecule has 4 saturated carbocycles. The van der Waals surface area contributed by atoms with Gasteiger partial charge in [0.05, 0.1) is 12.2 Å². The molecule has 6 fully saturated rings. The van der Waals surface area contributed by atoms with Crippen LogP contribution >= 0.6 is 0 Å². The second kappa shape index (κ2) is 13.8. The van der Waals surface area contributed by atoms with E-state index in [0.717, 1.165) is 54.3 Å². The Labute approximate surface area is 318 Å². The highest BCUT2D eigenvalue weighted by molar-refractivity contribution is 5.71. The van der Waals surface area contributed by atoms with Crippen LogP contribution in [0.4, 0.5) is 17.1 Å². The Morgan fingerprint density at radius 2 is 1.36 bits per heavy atom.